The van der Waals surface area contributed by atoms with E-state index in [0.717, 1.165) is 12.8 Å². The molecule has 1 N–H and O–H groups in total. The van der Waals surface area contributed by atoms with Crippen molar-refractivity contribution in [2.24, 2.45) is 0 Å². The Hall–Kier alpha value is -2.37. The predicted molar refractivity (Wildman–Crippen MR) is 116 cm³/mol. The van der Waals surface area contributed by atoms with Gasteiger partial charge in [-0.05, 0) is 28.3 Å². The second-order valence-corrected chi connectivity index (χ2v) is 12.6. The third kappa shape index (κ3) is 3.91. The third-order valence-electron chi connectivity index (χ3n) is 5.46. The van der Waals surface area contributed by atoms with Crippen LogP contribution >= 0.6 is 0 Å². The number of benzene rings is 2. The van der Waals surface area contributed by atoms with Crippen LogP contribution in [0.25, 0.3) is 0 Å². The van der Waals surface area contributed by atoms with Crippen LogP contribution in [0.4, 0.5) is 4.79 Å². The molecule has 148 valence electrons. The van der Waals surface area contributed by atoms with Gasteiger partial charge in [0.25, 0.3) is 8.32 Å². The molecule has 0 saturated heterocycles. The monoisotopic (exact) mass is 395 g/mol. The topological polar surface area (TPSA) is 49.8 Å². The summed E-state index contributed by atoms with van der Waals surface area (Å²) in [5, 5.41) is 11.9. The molecule has 1 atom stereocenters. The lowest BCUT2D eigenvalue weighted by atomic mass is 10.1. The van der Waals surface area contributed by atoms with Crippen molar-refractivity contribution in [3.05, 3.63) is 72.9 Å². The highest BCUT2D eigenvalue weighted by atomic mass is 28.4. The molecular weight excluding hydrogens is 366 g/mol. The van der Waals surface area contributed by atoms with Crippen LogP contribution in [-0.2, 0) is 4.43 Å². The van der Waals surface area contributed by atoms with Gasteiger partial charge < -0.3 is 9.53 Å². The molecule has 0 aliphatic carbocycles. The van der Waals surface area contributed by atoms with Crippen LogP contribution in [0, 0.1) is 0 Å². The Labute approximate surface area is 168 Å². The van der Waals surface area contributed by atoms with Gasteiger partial charge in [-0.15, -0.1) is 0 Å². The van der Waals surface area contributed by atoms with Crippen molar-refractivity contribution in [1.82, 2.24) is 4.90 Å². The Morgan fingerprint density at radius 1 is 1.07 bits per heavy atom. The predicted octanol–water partition coefficient (Wildman–Crippen LogP) is 4.22. The van der Waals surface area contributed by atoms with E-state index in [4.69, 9.17) is 4.43 Å². The summed E-state index contributed by atoms with van der Waals surface area (Å²) in [6.45, 7) is 7.09. The standard InChI is InChI=1S/C23H29NO3Si/c1-23(2,3)28(20-13-6-4-7-14-20,21-15-8-5-9-16-21)27-18-19-12-10-11-17-24(19)22(25)26/h4-9,11,13-17,19H,10,12,18H2,1-3H3,(H,25,26). The van der Waals surface area contributed by atoms with E-state index in [1.807, 2.05) is 18.2 Å². The zero-order valence-electron chi connectivity index (χ0n) is 16.8. The molecule has 2 aromatic rings. The first kappa shape index (κ1) is 20.4. The molecular formula is C23H29NO3Si. The van der Waals surface area contributed by atoms with Gasteiger partial charge in [0.1, 0.15) is 0 Å². The summed E-state index contributed by atoms with van der Waals surface area (Å²) < 4.78 is 6.89. The number of hydrogen-bond acceptors (Lipinski definition) is 2. The van der Waals surface area contributed by atoms with E-state index in [0.29, 0.717) is 6.61 Å². The third-order valence-corrected chi connectivity index (χ3v) is 10.5. The van der Waals surface area contributed by atoms with E-state index in [2.05, 4.69) is 69.3 Å². The second kappa shape index (κ2) is 8.33. The van der Waals surface area contributed by atoms with Crippen molar-refractivity contribution >= 4 is 24.8 Å². The van der Waals surface area contributed by atoms with Crippen molar-refractivity contribution in [2.75, 3.05) is 6.61 Å². The zero-order chi connectivity index (χ0) is 20.2. The number of nitrogens with zero attached hydrogens (tertiary/aromatic N) is 1. The summed E-state index contributed by atoms with van der Waals surface area (Å²) in [6.07, 6.45) is 4.31. The summed E-state index contributed by atoms with van der Waals surface area (Å²) in [5.41, 5.74) is 0. The normalized spacial score (nSPS) is 17.5. The van der Waals surface area contributed by atoms with E-state index in [1.165, 1.54) is 15.3 Å². The Balaban J connectivity index is 2.04. The molecule has 0 saturated carbocycles. The van der Waals surface area contributed by atoms with Crippen LogP contribution in [-0.4, -0.2) is 37.1 Å². The minimum atomic E-state index is -2.64. The molecule has 1 aliphatic rings. The van der Waals surface area contributed by atoms with Crippen LogP contribution in [0.3, 0.4) is 0 Å². The quantitative estimate of drug-likeness (QED) is 0.771. The number of hydrogen-bond donors (Lipinski definition) is 1. The Kier molecular flexibility index (Phi) is 6.06. The molecule has 0 radical (unpaired) electrons. The number of carbonyl (C=O) groups is 1. The summed E-state index contributed by atoms with van der Waals surface area (Å²) in [5.74, 6) is 0. The Bertz CT molecular complexity index is 775. The van der Waals surface area contributed by atoms with Crippen LogP contribution < -0.4 is 10.4 Å². The van der Waals surface area contributed by atoms with Crippen molar-refractivity contribution in [3.8, 4) is 0 Å². The molecule has 28 heavy (non-hydrogen) atoms. The van der Waals surface area contributed by atoms with Gasteiger partial charge in [0, 0.05) is 6.20 Å². The van der Waals surface area contributed by atoms with E-state index in [9.17, 15) is 9.90 Å². The summed E-state index contributed by atoms with van der Waals surface area (Å²) >= 11 is 0. The first-order chi connectivity index (χ1) is 13.4. The van der Waals surface area contributed by atoms with Crippen LogP contribution in [0.1, 0.15) is 33.6 Å². The fraction of sp³-hybridized carbons (Fsp3) is 0.348. The molecule has 1 unspecified atom stereocenters. The van der Waals surface area contributed by atoms with Gasteiger partial charge >= 0.3 is 6.09 Å². The lowest BCUT2D eigenvalue weighted by molar-refractivity contribution is 0.120. The van der Waals surface area contributed by atoms with E-state index >= 15 is 0 Å². The fourth-order valence-corrected chi connectivity index (χ4v) is 8.70. The van der Waals surface area contributed by atoms with Gasteiger partial charge in [-0.1, -0.05) is 87.5 Å². The van der Waals surface area contributed by atoms with Gasteiger partial charge in [-0.25, -0.2) is 4.79 Å². The fourth-order valence-electron chi connectivity index (χ4n) is 4.10. The second-order valence-electron chi connectivity index (χ2n) is 8.28. The maximum atomic E-state index is 11.7. The van der Waals surface area contributed by atoms with Crippen molar-refractivity contribution < 1.29 is 14.3 Å². The van der Waals surface area contributed by atoms with Gasteiger partial charge in [-0.3, -0.25) is 4.90 Å². The molecule has 3 rings (SSSR count). The van der Waals surface area contributed by atoms with E-state index in [1.54, 1.807) is 6.20 Å². The maximum absolute atomic E-state index is 11.7. The number of amides is 1. The van der Waals surface area contributed by atoms with Crippen LogP contribution in [0.2, 0.25) is 5.04 Å². The van der Waals surface area contributed by atoms with Gasteiger partial charge in [0.05, 0.1) is 12.6 Å². The van der Waals surface area contributed by atoms with Crippen LogP contribution in [0.5, 0.6) is 0 Å². The highest BCUT2D eigenvalue weighted by molar-refractivity contribution is 6.99. The Morgan fingerprint density at radius 3 is 2.07 bits per heavy atom. The minimum Gasteiger partial charge on any atom is -0.465 e. The largest absolute Gasteiger partial charge is 0.465 e. The maximum Gasteiger partial charge on any atom is 0.411 e. The summed E-state index contributed by atoms with van der Waals surface area (Å²) in [4.78, 5) is 13.0. The highest BCUT2D eigenvalue weighted by Crippen LogP contribution is 2.37. The van der Waals surface area contributed by atoms with Crippen molar-refractivity contribution in [2.45, 2.75) is 44.7 Å². The number of carboxylic acid groups (broad SMARTS) is 1. The van der Waals surface area contributed by atoms with E-state index < -0.39 is 14.4 Å². The van der Waals surface area contributed by atoms with Crippen molar-refractivity contribution in [1.29, 1.82) is 0 Å². The van der Waals surface area contributed by atoms with Crippen molar-refractivity contribution in [3.63, 3.8) is 0 Å². The molecule has 0 fully saturated rings. The number of rotatable bonds is 5. The first-order valence-electron chi connectivity index (χ1n) is 9.79. The summed E-state index contributed by atoms with van der Waals surface area (Å²) in [7, 11) is -2.64. The van der Waals surface area contributed by atoms with Crippen LogP contribution in [0.15, 0.2) is 72.9 Å². The molecule has 1 amide bonds. The molecule has 0 spiro atoms. The van der Waals surface area contributed by atoms with Gasteiger partial charge in [-0.2, -0.15) is 0 Å². The first-order valence-corrected chi connectivity index (χ1v) is 11.7. The number of allylic oxidation sites excluding steroid dienone is 1. The summed E-state index contributed by atoms with van der Waals surface area (Å²) in [6, 6.07) is 20.7. The molecule has 1 heterocycles. The Morgan fingerprint density at radius 2 is 1.61 bits per heavy atom. The SMILES string of the molecule is CC(C)(C)[Si](OCC1CCC=CN1C(=O)O)(c1ccccc1)c1ccccc1. The van der Waals surface area contributed by atoms with E-state index in [-0.39, 0.29) is 11.1 Å². The molecule has 5 heteroatoms. The molecule has 4 nitrogen and oxygen atoms in total. The van der Waals surface area contributed by atoms with Gasteiger partial charge in [0.2, 0.25) is 0 Å². The molecule has 2 aromatic carbocycles. The zero-order valence-corrected chi connectivity index (χ0v) is 17.8. The smallest absolute Gasteiger partial charge is 0.411 e. The average molecular weight is 396 g/mol. The average Bonchev–Trinajstić information content (AvgIpc) is 2.69. The minimum absolute atomic E-state index is 0.117. The highest BCUT2D eigenvalue weighted by Gasteiger charge is 2.50. The molecule has 1 aliphatic heterocycles. The molecule has 0 aromatic heterocycles. The molecule has 0 bridgehead atoms. The lowest BCUT2D eigenvalue weighted by Gasteiger charge is -2.44. The lowest BCUT2D eigenvalue weighted by Crippen LogP contribution is -2.67. The van der Waals surface area contributed by atoms with Gasteiger partial charge in [0.15, 0.2) is 0 Å².